The molecule has 3 aromatic rings. The predicted molar refractivity (Wildman–Crippen MR) is 164 cm³/mol. The molecule has 0 atom stereocenters. The van der Waals surface area contributed by atoms with Crippen molar-refractivity contribution in [3.8, 4) is 17.2 Å². The third kappa shape index (κ3) is 7.29. The van der Waals surface area contributed by atoms with Crippen molar-refractivity contribution in [3.63, 3.8) is 0 Å². The van der Waals surface area contributed by atoms with Crippen LogP contribution in [0, 0.1) is 0 Å². The average molecular weight is 609 g/mol. The summed E-state index contributed by atoms with van der Waals surface area (Å²) in [6, 6.07) is 10.7. The monoisotopic (exact) mass is 608 g/mol. The fourth-order valence-corrected chi connectivity index (χ4v) is 5.70. The molecule has 3 heterocycles. The minimum Gasteiger partial charge on any atom is -0.497 e. The van der Waals surface area contributed by atoms with Gasteiger partial charge in [-0.25, -0.2) is 19.7 Å². The average Bonchev–Trinajstić information content (AvgIpc) is 3.04. The van der Waals surface area contributed by atoms with E-state index in [0.29, 0.717) is 46.1 Å². The predicted octanol–water partition coefficient (Wildman–Crippen LogP) is 3.86. The smallest absolute Gasteiger partial charge is 0.328 e. The Bertz CT molecular complexity index is 1450. The molecule has 0 bridgehead atoms. The number of nitrogens with one attached hydrogen (secondary N) is 2. The molecule has 0 saturated carbocycles. The van der Waals surface area contributed by atoms with Crippen LogP contribution in [0.1, 0.15) is 18.1 Å². The van der Waals surface area contributed by atoms with Gasteiger partial charge in [-0.05, 0) is 30.2 Å². The highest BCUT2D eigenvalue weighted by atomic mass is 32.2. The van der Waals surface area contributed by atoms with Crippen LogP contribution < -0.4 is 29.7 Å². The number of morpholine rings is 1. The number of rotatable bonds is 12. The van der Waals surface area contributed by atoms with Gasteiger partial charge in [0.1, 0.15) is 23.7 Å². The lowest BCUT2D eigenvalue weighted by Crippen LogP contribution is -2.42. The summed E-state index contributed by atoms with van der Waals surface area (Å²) in [7, 11) is 3.16. The molecule has 13 heteroatoms. The number of aryl methyl sites for hydroxylation is 1. The second-order valence-electron chi connectivity index (χ2n) is 9.83. The number of benzene rings is 2. The number of anilines is 3. The fourth-order valence-electron chi connectivity index (χ4n) is 4.90. The number of hydrogen-bond acceptors (Lipinski definition) is 10. The number of urea groups is 1. The van der Waals surface area contributed by atoms with Crippen molar-refractivity contribution >= 4 is 40.9 Å². The van der Waals surface area contributed by atoms with Gasteiger partial charge in [0.2, 0.25) is 5.91 Å². The van der Waals surface area contributed by atoms with Crippen LogP contribution >= 0.6 is 11.8 Å². The van der Waals surface area contributed by atoms with E-state index in [1.807, 2.05) is 25.1 Å². The van der Waals surface area contributed by atoms with Crippen molar-refractivity contribution in [1.29, 1.82) is 0 Å². The molecule has 43 heavy (non-hydrogen) atoms. The molecular formula is C30H36N6O6S. The van der Waals surface area contributed by atoms with Crippen molar-refractivity contribution in [2.24, 2.45) is 0 Å². The molecule has 1 saturated heterocycles. The van der Waals surface area contributed by atoms with Crippen molar-refractivity contribution in [2.75, 3.05) is 69.6 Å². The quantitative estimate of drug-likeness (QED) is 0.231. The standard InChI is InChI=1S/C30H36N6O6S/c1-4-20-5-7-22(39-2)16-24(20)36-28-23(17-31-30(36)38)29(33-19-32-28)43-18-27(37)34-21-6-8-25(26(15-21)40-3)42-14-11-35-9-12-41-13-10-35/h5-8,15-16,19H,4,9-14,17-18H2,1-3H3,(H,31,38)(H,34,37). The van der Waals surface area contributed by atoms with Gasteiger partial charge in [-0.2, -0.15) is 0 Å². The summed E-state index contributed by atoms with van der Waals surface area (Å²) in [5, 5.41) is 6.45. The summed E-state index contributed by atoms with van der Waals surface area (Å²) >= 11 is 1.28. The van der Waals surface area contributed by atoms with Crippen molar-refractivity contribution in [1.82, 2.24) is 20.2 Å². The maximum atomic E-state index is 13.0. The number of carbonyl (C=O) groups excluding carboxylic acids is 2. The lowest BCUT2D eigenvalue weighted by atomic mass is 10.1. The molecule has 0 radical (unpaired) electrons. The van der Waals surface area contributed by atoms with E-state index in [1.165, 1.54) is 18.1 Å². The normalized spacial score (nSPS) is 15.0. The van der Waals surface area contributed by atoms with E-state index in [1.54, 1.807) is 37.3 Å². The van der Waals surface area contributed by atoms with Gasteiger partial charge in [0.15, 0.2) is 17.3 Å². The third-order valence-electron chi connectivity index (χ3n) is 7.18. The molecular weight excluding hydrogens is 572 g/mol. The number of aromatic nitrogens is 2. The van der Waals surface area contributed by atoms with Crippen molar-refractivity contribution in [2.45, 2.75) is 24.9 Å². The van der Waals surface area contributed by atoms with E-state index in [0.717, 1.165) is 50.4 Å². The Morgan fingerprint density at radius 2 is 1.93 bits per heavy atom. The minimum atomic E-state index is -0.287. The Morgan fingerprint density at radius 3 is 2.70 bits per heavy atom. The van der Waals surface area contributed by atoms with E-state index < -0.39 is 0 Å². The summed E-state index contributed by atoms with van der Waals surface area (Å²) in [6.07, 6.45) is 2.14. The number of thioether (sulfide) groups is 1. The summed E-state index contributed by atoms with van der Waals surface area (Å²) in [5.41, 5.74) is 3.00. The fraction of sp³-hybridized carbons (Fsp3) is 0.400. The second-order valence-corrected chi connectivity index (χ2v) is 10.8. The van der Waals surface area contributed by atoms with E-state index in [4.69, 9.17) is 18.9 Å². The molecule has 0 spiro atoms. The topological polar surface area (TPSA) is 127 Å². The lowest BCUT2D eigenvalue weighted by Gasteiger charge is -2.31. The van der Waals surface area contributed by atoms with Crippen LogP contribution in [0.15, 0.2) is 47.8 Å². The zero-order valence-corrected chi connectivity index (χ0v) is 25.4. The van der Waals surface area contributed by atoms with E-state index in [9.17, 15) is 9.59 Å². The van der Waals surface area contributed by atoms with Gasteiger partial charge >= 0.3 is 6.03 Å². The Balaban J connectivity index is 1.23. The van der Waals surface area contributed by atoms with E-state index >= 15 is 0 Å². The lowest BCUT2D eigenvalue weighted by molar-refractivity contribution is -0.113. The third-order valence-corrected chi connectivity index (χ3v) is 8.22. The molecule has 0 aliphatic carbocycles. The minimum absolute atomic E-state index is 0.108. The van der Waals surface area contributed by atoms with Crippen LogP contribution in [0.5, 0.6) is 17.2 Å². The number of hydrogen-bond donors (Lipinski definition) is 2. The number of fused-ring (bicyclic) bond motifs is 1. The van der Waals surface area contributed by atoms with Crippen molar-refractivity contribution in [3.05, 3.63) is 53.9 Å². The first kappa shape index (κ1) is 30.4. The van der Waals surface area contributed by atoms with Crippen LogP contribution in [-0.4, -0.2) is 86.2 Å². The summed E-state index contributed by atoms with van der Waals surface area (Å²) in [6.45, 7) is 6.89. The van der Waals surface area contributed by atoms with Crippen LogP contribution in [0.2, 0.25) is 0 Å². The highest BCUT2D eigenvalue weighted by Gasteiger charge is 2.31. The number of ether oxygens (including phenoxy) is 4. The van der Waals surface area contributed by atoms with Gasteiger partial charge in [0, 0.05) is 43.0 Å². The van der Waals surface area contributed by atoms with Gasteiger partial charge < -0.3 is 29.6 Å². The van der Waals surface area contributed by atoms with Gasteiger partial charge in [-0.15, -0.1) is 0 Å². The number of methoxy groups -OCH3 is 2. The summed E-state index contributed by atoms with van der Waals surface area (Å²) < 4.78 is 22.2. The molecule has 5 rings (SSSR count). The molecule has 0 unspecified atom stereocenters. The van der Waals surface area contributed by atoms with Gasteiger partial charge in [0.25, 0.3) is 0 Å². The molecule has 2 N–H and O–H groups in total. The zero-order valence-electron chi connectivity index (χ0n) is 24.6. The molecule has 12 nitrogen and oxygen atoms in total. The van der Waals surface area contributed by atoms with Crippen molar-refractivity contribution < 1.29 is 28.5 Å². The second kappa shape index (κ2) is 14.4. The van der Waals surface area contributed by atoms with Gasteiger partial charge in [-0.3, -0.25) is 9.69 Å². The van der Waals surface area contributed by atoms with E-state index in [2.05, 4.69) is 25.5 Å². The Morgan fingerprint density at radius 1 is 1.09 bits per heavy atom. The zero-order chi connectivity index (χ0) is 30.2. The van der Waals surface area contributed by atoms with Crippen LogP contribution in [-0.2, 0) is 22.5 Å². The van der Waals surface area contributed by atoms with Crippen LogP contribution in [0.3, 0.4) is 0 Å². The molecule has 2 aromatic carbocycles. The Hall–Kier alpha value is -4.07. The van der Waals surface area contributed by atoms with Crippen LogP contribution in [0.4, 0.5) is 22.0 Å². The summed E-state index contributed by atoms with van der Waals surface area (Å²) in [5.74, 6) is 2.17. The summed E-state index contributed by atoms with van der Waals surface area (Å²) in [4.78, 5) is 38.7. The van der Waals surface area contributed by atoms with Crippen LogP contribution in [0.25, 0.3) is 0 Å². The maximum Gasteiger partial charge on any atom is 0.328 e. The highest BCUT2D eigenvalue weighted by Crippen LogP contribution is 2.38. The first-order chi connectivity index (χ1) is 21.0. The molecule has 2 aliphatic heterocycles. The molecule has 2 aliphatic rings. The Kier molecular flexibility index (Phi) is 10.2. The largest absolute Gasteiger partial charge is 0.497 e. The SMILES string of the molecule is CCc1ccc(OC)cc1N1C(=O)NCc2c(SCC(=O)Nc3ccc(OCCN4CCOCC4)c(OC)c3)ncnc21. The molecule has 3 amide bonds. The number of carbonyl (C=O) groups is 2. The molecule has 228 valence electrons. The number of nitrogens with zero attached hydrogens (tertiary/aromatic N) is 4. The van der Waals surface area contributed by atoms with Gasteiger partial charge in [-0.1, -0.05) is 24.8 Å². The Labute approximate surface area is 255 Å². The first-order valence-corrected chi connectivity index (χ1v) is 15.1. The molecule has 1 aromatic heterocycles. The highest BCUT2D eigenvalue weighted by molar-refractivity contribution is 8.00. The number of amides is 3. The maximum absolute atomic E-state index is 13.0. The van der Waals surface area contributed by atoms with E-state index in [-0.39, 0.29) is 24.2 Å². The first-order valence-electron chi connectivity index (χ1n) is 14.1. The van der Waals surface area contributed by atoms with Gasteiger partial charge in [0.05, 0.1) is 45.4 Å². The molecule has 1 fully saturated rings.